The van der Waals surface area contributed by atoms with E-state index in [0.717, 1.165) is 30.1 Å². The number of amides is 1. The molecule has 11 heteroatoms. The highest BCUT2D eigenvalue weighted by atomic mass is 32.1. The average molecular weight is 446 g/mol. The number of anilines is 2. The zero-order valence-electron chi connectivity index (χ0n) is 17.5. The van der Waals surface area contributed by atoms with Crippen LogP contribution in [0, 0.1) is 0 Å². The molecule has 4 N–H and O–H groups in total. The van der Waals surface area contributed by atoms with Crippen LogP contribution in [0.1, 0.15) is 40.8 Å². The van der Waals surface area contributed by atoms with Crippen molar-refractivity contribution in [2.24, 2.45) is 0 Å². The predicted octanol–water partition coefficient (Wildman–Crippen LogP) is 0.540. The van der Waals surface area contributed by atoms with E-state index in [1.807, 2.05) is 0 Å². The third kappa shape index (κ3) is 5.35. The number of carbonyl (C=O) groups is 2. The molecule has 1 fully saturated rings. The zero-order valence-corrected chi connectivity index (χ0v) is 18.3. The summed E-state index contributed by atoms with van der Waals surface area (Å²) in [6.45, 7) is 4.86. The minimum absolute atomic E-state index is 0.0522. The first kappa shape index (κ1) is 21.6. The van der Waals surface area contributed by atoms with Gasteiger partial charge in [-0.25, -0.2) is 15.0 Å². The van der Waals surface area contributed by atoms with Crippen LogP contribution in [0.4, 0.5) is 10.9 Å². The Labute approximate surface area is 184 Å². The number of nitrogens with two attached hydrogens (primary N) is 1. The zero-order chi connectivity index (χ0) is 22.0. The van der Waals surface area contributed by atoms with E-state index in [1.54, 1.807) is 17.9 Å². The first-order valence-electron chi connectivity index (χ1n) is 10.4. The maximum absolute atomic E-state index is 12.6. The highest BCUT2D eigenvalue weighted by Crippen LogP contribution is 2.26. The summed E-state index contributed by atoms with van der Waals surface area (Å²) >= 11 is 1.50. The van der Waals surface area contributed by atoms with Crippen LogP contribution in [-0.2, 0) is 17.8 Å². The number of carbonyl (C=O) groups excluding carboxylic acids is 2. The Hall–Kier alpha value is -2.63. The smallest absolute Gasteiger partial charge is 0.219 e. The molecular formula is C20H27N7O3S. The summed E-state index contributed by atoms with van der Waals surface area (Å²) in [7, 11) is 0. The van der Waals surface area contributed by atoms with E-state index < -0.39 is 6.10 Å². The molecule has 31 heavy (non-hydrogen) atoms. The SMILES string of the molecule is CC(=O)N1CC(Nc2cc(C(=O)CC[C@H](O)CN3CCc4nc(N)sc4C3)ncn2)C1. The van der Waals surface area contributed by atoms with Gasteiger partial charge in [0.2, 0.25) is 5.91 Å². The molecular weight excluding hydrogens is 418 g/mol. The molecule has 0 aliphatic carbocycles. The summed E-state index contributed by atoms with van der Waals surface area (Å²) in [5.41, 5.74) is 7.17. The number of aliphatic hydroxyl groups is 1. The standard InChI is InChI=1S/C20H27N7O3S/c1-12(28)27-7-13(8-27)24-19-6-16(22-11-23-19)17(30)3-2-14(29)9-26-5-4-15-18(10-26)31-20(21)25-15/h6,11,13-14,29H,2-5,7-10H2,1H3,(H2,21,25)(H,22,23,24)/t14-/m0/s1. The van der Waals surface area contributed by atoms with Gasteiger partial charge in [0.05, 0.1) is 17.8 Å². The number of nitrogen functional groups attached to an aromatic ring is 1. The molecule has 2 aromatic rings. The third-order valence-corrected chi connectivity index (χ3v) is 6.54. The Morgan fingerprint density at radius 3 is 2.97 bits per heavy atom. The van der Waals surface area contributed by atoms with Crippen LogP contribution < -0.4 is 11.1 Å². The van der Waals surface area contributed by atoms with E-state index in [4.69, 9.17) is 5.73 Å². The number of hydrogen-bond donors (Lipinski definition) is 3. The fraction of sp³-hybridized carbons (Fsp3) is 0.550. The van der Waals surface area contributed by atoms with Crippen LogP contribution >= 0.6 is 11.3 Å². The van der Waals surface area contributed by atoms with Crippen molar-refractivity contribution in [3.63, 3.8) is 0 Å². The second-order valence-corrected chi connectivity index (χ2v) is 9.19. The van der Waals surface area contributed by atoms with E-state index in [0.29, 0.717) is 42.7 Å². The highest BCUT2D eigenvalue weighted by molar-refractivity contribution is 7.15. The number of β-amino-alcohol motifs (C(OH)–C–C–N with tert-alkyl or cyclic N) is 1. The van der Waals surface area contributed by atoms with Crippen LogP contribution in [-0.4, -0.2) is 79.9 Å². The maximum atomic E-state index is 12.6. The largest absolute Gasteiger partial charge is 0.392 e. The van der Waals surface area contributed by atoms with Crippen LogP contribution in [0.25, 0.3) is 0 Å². The molecule has 1 amide bonds. The quantitative estimate of drug-likeness (QED) is 0.497. The van der Waals surface area contributed by atoms with Crippen LogP contribution in [0.15, 0.2) is 12.4 Å². The lowest BCUT2D eigenvalue weighted by atomic mass is 10.1. The Morgan fingerprint density at radius 1 is 1.39 bits per heavy atom. The Balaban J connectivity index is 1.23. The Morgan fingerprint density at radius 2 is 2.19 bits per heavy atom. The molecule has 4 rings (SSSR count). The number of fused-ring (bicyclic) bond motifs is 1. The number of rotatable bonds is 8. The molecule has 0 unspecified atom stereocenters. The lowest BCUT2D eigenvalue weighted by molar-refractivity contribution is -0.132. The maximum Gasteiger partial charge on any atom is 0.219 e. The van der Waals surface area contributed by atoms with Gasteiger partial charge in [0, 0.05) is 63.4 Å². The molecule has 0 spiro atoms. The molecule has 2 aliphatic heterocycles. The summed E-state index contributed by atoms with van der Waals surface area (Å²) in [6, 6.07) is 1.76. The molecule has 2 aliphatic rings. The van der Waals surface area contributed by atoms with E-state index in [1.165, 1.54) is 17.7 Å². The van der Waals surface area contributed by atoms with E-state index in [2.05, 4.69) is 25.2 Å². The molecule has 166 valence electrons. The van der Waals surface area contributed by atoms with Crippen LogP contribution in [0.3, 0.4) is 0 Å². The molecule has 0 radical (unpaired) electrons. The molecule has 0 bridgehead atoms. The van der Waals surface area contributed by atoms with Crippen LogP contribution in [0.2, 0.25) is 0 Å². The third-order valence-electron chi connectivity index (χ3n) is 5.63. The lowest BCUT2D eigenvalue weighted by Crippen LogP contribution is -2.56. The van der Waals surface area contributed by atoms with Gasteiger partial charge in [-0.3, -0.25) is 14.5 Å². The number of nitrogens with zero attached hydrogens (tertiary/aromatic N) is 5. The second-order valence-electron chi connectivity index (χ2n) is 8.08. The monoisotopic (exact) mass is 445 g/mol. The van der Waals surface area contributed by atoms with Crippen molar-refractivity contribution in [1.29, 1.82) is 0 Å². The van der Waals surface area contributed by atoms with Gasteiger partial charge in [0.1, 0.15) is 17.8 Å². The fourth-order valence-corrected chi connectivity index (χ4v) is 4.79. The van der Waals surface area contributed by atoms with Gasteiger partial charge < -0.3 is 21.1 Å². The Bertz CT molecular complexity index is 960. The van der Waals surface area contributed by atoms with Gasteiger partial charge in [-0.05, 0) is 6.42 Å². The number of thiazole rings is 1. The number of likely N-dealkylation sites (tertiary alicyclic amines) is 1. The first-order valence-corrected chi connectivity index (χ1v) is 11.2. The van der Waals surface area contributed by atoms with E-state index in [9.17, 15) is 14.7 Å². The van der Waals surface area contributed by atoms with Crippen LogP contribution in [0.5, 0.6) is 0 Å². The predicted molar refractivity (Wildman–Crippen MR) is 117 cm³/mol. The Kier molecular flexibility index (Phi) is 6.44. The van der Waals surface area contributed by atoms with Gasteiger partial charge in [-0.15, -0.1) is 11.3 Å². The van der Waals surface area contributed by atoms with Crippen molar-refractivity contribution in [2.75, 3.05) is 37.2 Å². The second kappa shape index (κ2) is 9.25. The molecule has 10 nitrogen and oxygen atoms in total. The topological polar surface area (TPSA) is 138 Å². The van der Waals surface area contributed by atoms with Crippen molar-refractivity contribution < 1.29 is 14.7 Å². The molecule has 4 heterocycles. The number of ketones is 1. The highest BCUT2D eigenvalue weighted by Gasteiger charge is 2.28. The van der Waals surface area contributed by atoms with E-state index >= 15 is 0 Å². The lowest BCUT2D eigenvalue weighted by Gasteiger charge is -2.39. The normalized spacial score (nSPS) is 17.7. The van der Waals surface area contributed by atoms with Gasteiger partial charge in [0.25, 0.3) is 0 Å². The van der Waals surface area contributed by atoms with E-state index in [-0.39, 0.29) is 24.2 Å². The molecule has 0 saturated carbocycles. The summed E-state index contributed by atoms with van der Waals surface area (Å²) in [4.78, 5) is 41.5. The number of hydrogen-bond acceptors (Lipinski definition) is 10. The number of Topliss-reactive ketones (excluding diaryl/α,β-unsaturated/α-hetero) is 1. The minimum atomic E-state index is -0.595. The van der Waals surface area contributed by atoms with Crippen molar-refractivity contribution in [2.45, 2.75) is 44.9 Å². The summed E-state index contributed by atoms with van der Waals surface area (Å²) < 4.78 is 0. The number of aromatic nitrogens is 3. The van der Waals surface area contributed by atoms with Crippen molar-refractivity contribution in [1.82, 2.24) is 24.8 Å². The number of aliphatic hydroxyl groups excluding tert-OH is 1. The molecule has 1 saturated heterocycles. The molecule has 0 aromatic carbocycles. The molecule has 1 atom stereocenters. The van der Waals surface area contributed by atoms with Gasteiger partial charge in [-0.2, -0.15) is 0 Å². The van der Waals surface area contributed by atoms with Crippen molar-refractivity contribution >= 4 is 34.0 Å². The summed E-state index contributed by atoms with van der Waals surface area (Å²) in [5.74, 6) is 0.496. The summed E-state index contributed by atoms with van der Waals surface area (Å²) in [5, 5.41) is 14.2. The molecule has 2 aromatic heterocycles. The summed E-state index contributed by atoms with van der Waals surface area (Å²) in [6.07, 6.45) is 2.18. The van der Waals surface area contributed by atoms with Crippen molar-refractivity contribution in [3.8, 4) is 0 Å². The average Bonchev–Trinajstić information content (AvgIpc) is 3.07. The first-order chi connectivity index (χ1) is 14.9. The van der Waals surface area contributed by atoms with Gasteiger partial charge >= 0.3 is 0 Å². The fourth-order valence-electron chi connectivity index (χ4n) is 3.86. The van der Waals surface area contributed by atoms with Crippen molar-refractivity contribution in [3.05, 3.63) is 28.7 Å². The number of nitrogens with one attached hydrogen (secondary N) is 1. The van der Waals surface area contributed by atoms with Gasteiger partial charge in [0.15, 0.2) is 10.9 Å². The van der Waals surface area contributed by atoms with Gasteiger partial charge in [-0.1, -0.05) is 0 Å². The minimum Gasteiger partial charge on any atom is -0.392 e.